The monoisotopic (exact) mass is 199 g/mol. The van der Waals surface area contributed by atoms with Crippen LogP contribution in [0.5, 0.6) is 0 Å². The van der Waals surface area contributed by atoms with Crippen molar-refractivity contribution in [1.82, 2.24) is 4.81 Å². The molecule has 0 amide bonds. The lowest BCUT2D eigenvalue weighted by molar-refractivity contribution is -0.144. The third-order valence-electron chi connectivity index (χ3n) is 2.96. The molecule has 0 aromatic rings. The zero-order valence-corrected chi connectivity index (χ0v) is 9.03. The van der Waals surface area contributed by atoms with Gasteiger partial charge in [-0.25, -0.2) is 0 Å². The molecule has 0 aromatic heterocycles. The quantitative estimate of drug-likeness (QED) is 0.641. The summed E-state index contributed by atoms with van der Waals surface area (Å²) in [5.41, 5.74) is 0.0639. The minimum absolute atomic E-state index is 0.0639. The summed E-state index contributed by atoms with van der Waals surface area (Å²) in [5.74, 6) is -0.835. The summed E-state index contributed by atoms with van der Waals surface area (Å²) in [6.45, 7) is 6.42. The van der Waals surface area contributed by atoms with Gasteiger partial charge in [-0.3, -0.25) is 4.79 Å². The molecule has 1 aliphatic heterocycles. The van der Waals surface area contributed by atoms with Gasteiger partial charge in [0.15, 0.2) is 0 Å². The van der Waals surface area contributed by atoms with E-state index in [0.29, 0.717) is 13.0 Å². The highest BCUT2D eigenvalue weighted by Gasteiger charge is 2.39. The average Bonchev–Trinajstić information content (AvgIpc) is 2.01. The second-order valence-electron chi connectivity index (χ2n) is 4.84. The lowest BCUT2D eigenvalue weighted by Crippen LogP contribution is -2.54. The number of hydrogen-bond donors (Lipinski definition) is 2. The van der Waals surface area contributed by atoms with Crippen LogP contribution in [-0.4, -0.2) is 40.5 Å². The summed E-state index contributed by atoms with van der Waals surface area (Å²) in [6.07, 6.45) is 1.54. The maximum Gasteiger partial charge on any atom is 0.377 e. The Bertz CT molecular complexity index is 230. The van der Waals surface area contributed by atoms with E-state index >= 15 is 0 Å². The fourth-order valence-corrected chi connectivity index (χ4v) is 2.01. The van der Waals surface area contributed by atoms with Crippen molar-refractivity contribution in [2.24, 2.45) is 5.41 Å². The van der Waals surface area contributed by atoms with Crippen molar-refractivity contribution in [3.05, 3.63) is 0 Å². The molecule has 14 heavy (non-hydrogen) atoms. The second-order valence-corrected chi connectivity index (χ2v) is 4.84. The maximum atomic E-state index is 11.0. The number of carboxylic acids is 1. The van der Waals surface area contributed by atoms with Gasteiger partial charge in [0, 0.05) is 0 Å². The fraction of sp³-hybridized carbons (Fsp3) is 0.889. The third kappa shape index (κ3) is 2.48. The molecular weight excluding hydrogens is 181 g/mol. The molecule has 0 spiro atoms. The van der Waals surface area contributed by atoms with E-state index in [1.54, 1.807) is 11.6 Å². The Kier molecular flexibility index (Phi) is 3.22. The minimum atomic E-state index is -0.835. The first-order valence-corrected chi connectivity index (χ1v) is 5.00. The largest absolute Gasteiger partial charge is 0.480 e. The molecule has 5 heteroatoms. The van der Waals surface area contributed by atoms with Crippen molar-refractivity contribution in [1.29, 1.82) is 0 Å². The van der Waals surface area contributed by atoms with E-state index < -0.39 is 19.1 Å². The molecule has 1 unspecified atom stereocenters. The first kappa shape index (κ1) is 11.5. The highest BCUT2D eigenvalue weighted by atomic mass is 16.4. The first-order chi connectivity index (χ1) is 6.33. The van der Waals surface area contributed by atoms with Crippen molar-refractivity contribution >= 4 is 13.0 Å². The summed E-state index contributed by atoms with van der Waals surface area (Å²) in [4.78, 5) is 12.7. The highest BCUT2D eigenvalue weighted by Crippen LogP contribution is 2.33. The molecule has 0 saturated carbocycles. The molecule has 2 N–H and O–H groups in total. The van der Waals surface area contributed by atoms with Crippen LogP contribution in [0.15, 0.2) is 0 Å². The summed E-state index contributed by atoms with van der Waals surface area (Å²) >= 11 is 0. The molecular formula is C9H18BNO3. The lowest BCUT2D eigenvalue weighted by Gasteiger charge is -2.42. The van der Waals surface area contributed by atoms with Crippen LogP contribution in [0.2, 0.25) is 6.82 Å². The van der Waals surface area contributed by atoms with E-state index in [1.165, 1.54) is 0 Å². The molecule has 1 saturated heterocycles. The zero-order chi connectivity index (χ0) is 10.9. The van der Waals surface area contributed by atoms with Crippen molar-refractivity contribution < 1.29 is 14.9 Å². The number of rotatable bonds is 2. The smallest absolute Gasteiger partial charge is 0.377 e. The van der Waals surface area contributed by atoms with Crippen LogP contribution in [0.4, 0.5) is 0 Å². The van der Waals surface area contributed by atoms with Gasteiger partial charge in [0.25, 0.3) is 0 Å². The van der Waals surface area contributed by atoms with Gasteiger partial charge in [-0.1, -0.05) is 13.8 Å². The summed E-state index contributed by atoms with van der Waals surface area (Å²) in [5, 5.41) is 18.5. The predicted octanol–water partition coefficient (Wildman–Crippen LogP) is 0.672. The van der Waals surface area contributed by atoms with Gasteiger partial charge >= 0.3 is 13.0 Å². The Labute approximate surface area is 85.0 Å². The molecule has 1 heterocycles. The number of piperidine rings is 1. The van der Waals surface area contributed by atoms with Gasteiger partial charge in [-0.05, 0) is 31.6 Å². The van der Waals surface area contributed by atoms with Crippen LogP contribution < -0.4 is 0 Å². The van der Waals surface area contributed by atoms with Crippen molar-refractivity contribution in [2.75, 3.05) is 6.54 Å². The molecule has 1 atom stereocenters. The Morgan fingerprint density at radius 1 is 1.57 bits per heavy atom. The average molecular weight is 199 g/mol. The van der Waals surface area contributed by atoms with Crippen LogP contribution in [0, 0.1) is 5.41 Å². The normalized spacial score (nSPS) is 27.3. The number of hydrogen-bond acceptors (Lipinski definition) is 3. The SMILES string of the molecule is CB(O)N1CCC(C)(C)CC1C(=O)O. The van der Waals surface area contributed by atoms with Crippen molar-refractivity contribution in [2.45, 2.75) is 39.6 Å². The number of nitrogens with zero attached hydrogens (tertiary/aromatic N) is 1. The molecule has 1 fully saturated rings. The third-order valence-corrected chi connectivity index (χ3v) is 2.96. The number of aliphatic carboxylic acids is 1. The molecule has 4 nitrogen and oxygen atoms in total. The van der Waals surface area contributed by atoms with Crippen LogP contribution in [-0.2, 0) is 4.79 Å². The van der Waals surface area contributed by atoms with Crippen LogP contribution >= 0.6 is 0 Å². The molecule has 0 bridgehead atoms. The standard InChI is InChI=1S/C9H18BNO3/c1-9(2)4-5-11(10(3)14)7(6-9)8(12)13/h7,14H,4-6H2,1-3H3,(H,12,13). The van der Waals surface area contributed by atoms with Gasteiger partial charge < -0.3 is 14.9 Å². The van der Waals surface area contributed by atoms with Gasteiger partial charge in [0.1, 0.15) is 6.04 Å². The Hall–Kier alpha value is -0.545. The Morgan fingerprint density at radius 2 is 2.14 bits per heavy atom. The number of carboxylic acid groups (broad SMARTS) is 1. The van der Waals surface area contributed by atoms with E-state index in [9.17, 15) is 9.82 Å². The maximum absolute atomic E-state index is 11.0. The Morgan fingerprint density at radius 3 is 2.57 bits per heavy atom. The molecule has 1 aliphatic rings. The summed E-state index contributed by atoms with van der Waals surface area (Å²) in [6, 6.07) is -0.543. The van der Waals surface area contributed by atoms with Gasteiger partial charge in [-0.2, -0.15) is 0 Å². The van der Waals surface area contributed by atoms with E-state index in [-0.39, 0.29) is 5.41 Å². The number of carbonyl (C=O) groups is 1. The van der Waals surface area contributed by atoms with Gasteiger partial charge in [0.05, 0.1) is 0 Å². The van der Waals surface area contributed by atoms with Gasteiger partial charge in [-0.15, -0.1) is 0 Å². The topological polar surface area (TPSA) is 60.8 Å². The molecule has 80 valence electrons. The van der Waals surface area contributed by atoms with Crippen LogP contribution in [0.1, 0.15) is 26.7 Å². The van der Waals surface area contributed by atoms with E-state index in [2.05, 4.69) is 13.8 Å². The van der Waals surface area contributed by atoms with Crippen molar-refractivity contribution in [3.8, 4) is 0 Å². The molecule has 0 aliphatic carbocycles. The van der Waals surface area contributed by atoms with Crippen LogP contribution in [0.25, 0.3) is 0 Å². The van der Waals surface area contributed by atoms with Crippen LogP contribution in [0.3, 0.4) is 0 Å². The predicted molar refractivity (Wildman–Crippen MR) is 55.0 cm³/mol. The highest BCUT2D eigenvalue weighted by molar-refractivity contribution is 6.45. The Balaban J connectivity index is 2.76. The summed E-state index contributed by atoms with van der Waals surface area (Å²) in [7, 11) is -0.674. The molecule has 0 aromatic carbocycles. The van der Waals surface area contributed by atoms with Gasteiger partial charge in [0.2, 0.25) is 0 Å². The molecule has 1 rings (SSSR count). The fourth-order valence-electron chi connectivity index (χ4n) is 2.01. The lowest BCUT2D eigenvalue weighted by atomic mass is 9.72. The van der Waals surface area contributed by atoms with E-state index in [1.807, 2.05) is 0 Å². The van der Waals surface area contributed by atoms with E-state index in [0.717, 1.165) is 6.42 Å². The van der Waals surface area contributed by atoms with Crippen molar-refractivity contribution in [3.63, 3.8) is 0 Å². The second kappa shape index (κ2) is 3.91. The summed E-state index contributed by atoms with van der Waals surface area (Å²) < 4.78 is 0. The van der Waals surface area contributed by atoms with E-state index in [4.69, 9.17) is 5.11 Å². The zero-order valence-electron chi connectivity index (χ0n) is 9.03. The molecule has 0 radical (unpaired) electrons. The minimum Gasteiger partial charge on any atom is -0.480 e. The first-order valence-electron chi connectivity index (χ1n) is 5.00.